The minimum absolute atomic E-state index is 0.0594. The number of nitrogens with zero attached hydrogens (tertiary/aromatic N) is 1. The van der Waals surface area contributed by atoms with E-state index in [0.29, 0.717) is 6.54 Å². The van der Waals surface area contributed by atoms with E-state index in [1.165, 1.54) is 12.0 Å². The standard InChI is InChI=1S/C14H14BrClN2O/c15-13-8-12(19-18-13)9-17-14(6-1-7-14)10-2-4-11(16)5-3-10/h2-5,8,17H,1,6-7,9H2. The summed E-state index contributed by atoms with van der Waals surface area (Å²) < 4.78 is 5.94. The number of rotatable bonds is 4. The number of benzene rings is 1. The molecule has 0 spiro atoms. The minimum Gasteiger partial charge on any atom is -0.359 e. The maximum atomic E-state index is 5.95. The highest BCUT2D eigenvalue weighted by atomic mass is 79.9. The first kappa shape index (κ1) is 13.2. The molecule has 3 nitrogen and oxygen atoms in total. The Morgan fingerprint density at radius 2 is 2.05 bits per heavy atom. The van der Waals surface area contributed by atoms with Gasteiger partial charge in [0.2, 0.25) is 0 Å². The Hall–Kier alpha value is -0.840. The number of aromatic nitrogens is 1. The molecule has 0 atom stereocenters. The first-order valence-corrected chi connectivity index (χ1v) is 7.47. The van der Waals surface area contributed by atoms with Gasteiger partial charge in [0.1, 0.15) is 4.60 Å². The Labute approximate surface area is 125 Å². The zero-order valence-corrected chi connectivity index (χ0v) is 12.7. The molecule has 100 valence electrons. The highest BCUT2D eigenvalue weighted by molar-refractivity contribution is 9.10. The summed E-state index contributed by atoms with van der Waals surface area (Å²) in [5, 5.41) is 8.21. The van der Waals surface area contributed by atoms with Gasteiger partial charge in [-0.2, -0.15) is 0 Å². The van der Waals surface area contributed by atoms with Crippen LogP contribution in [0.5, 0.6) is 0 Å². The summed E-state index contributed by atoms with van der Waals surface area (Å²) in [4.78, 5) is 0. The van der Waals surface area contributed by atoms with Crippen molar-refractivity contribution in [3.8, 4) is 0 Å². The van der Waals surface area contributed by atoms with Crippen molar-refractivity contribution in [2.45, 2.75) is 31.3 Å². The third-order valence-corrected chi connectivity index (χ3v) is 4.36. The smallest absolute Gasteiger partial charge is 0.151 e. The molecule has 0 saturated heterocycles. The van der Waals surface area contributed by atoms with Crippen molar-refractivity contribution in [1.82, 2.24) is 10.5 Å². The first-order chi connectivity index (χ1) is 9.18. The predicted molar refractivity (Wildman–Crippen MR) is 78.0 cm³/mol. The van der Waals surface area contributed by atoms with E-state index in [2.05, 4.69) is 38.5 Å². The lowest BCUT2D eigenvalue weighted by atomic mass is 9.72. The maximum Gasteiger partial charge on any atom is 0.151 e. The van der Waals surface area contributed by atoms with E-state index in [0.717, 1.165) is 28.2 Å². The lowest BCUT2D eigenvalue weighted by Crippen LogP contribution is -2.47. The van der Waals surface area contributed by atoms with Crippen molar-refractivity contribution in [3.05, 3.63) is 51.3 Å². The summed E-state index contributed by atoms with van der Waals surface area (Å²) in [6.45, 7) is 0.682. The topological polar surface area (TPSA) is 38.1 Å². The molecule has 0 radical (unpaired) electrons. The molecule has 2 aromatic rings. The molecule has 0 aliphatic heterocycles. The van der Waals surface area contributed by atoms with Crippen LogP contribution in [-0.4, -0.2) is 5.16 Å². The van der Waals surface area contributed by atoms with Crippen LogP contribution in [0.1, 0.15) is 30.6 Å². The van der Waals surface area contributed by atoms with E-state index in [4.69, 9.17) is 16.1 Å². The third-order valence-electron chi connectivity index (χ3n) is 3.74. The van der Waals surface area contributed by atoms with E-state index >= 15 is 0 Å². The fourth-order valence-electron chi connectivity index (χ4n) is 2.49. The number of nitrogens with one attached hydrogen (secondary N) is 1. The molecule has 1 aliphatic carbocycles. The highest BCUT2D eigenvalue weighted by Gasteiger charge is 2.38. The molecule has 1 aliphatic rings. The molecule has 1 fully saturated rings. The second-order valence-electron chi connectivity index (χ2n) is 4.91. The molecule has 1 saturated carbocycles. The molecule has 1 N–H and O–H groups in total. The van der Waals surface area contributed by atoms with Crippen LogP contribution in [0.15, 0.2) is 39.5 Å². The van der Waals surface area contributed by atoms with Gasteiger partial charge in [0.15, 0.2) is 5.76 Å². The number of halogens is 2. The Morgan fingerprint density at radius 3 is 2.58 bits per heavy atom. The Kier molecular flexibility index (Phi) is 3.65. The average Bonchev–Trinajstić information content (AvgIpc) is 2.76. The quantitative estimate of drug-likeness (QED) is 0.903. The van der Waals surface area contributed by atoms with Crippen LogP contribution in [0.4, 0.5) is 0 Å². The second-order valence-corrected chi connectivity index (χ2v) is 6.16. The summed E-state index contributed by atoms with van der Waals surface area (Å²) in [6.07, 6.45) is 3.53. The number of hydrogen-bond donors (Lipinski definition) is 1. The molecule has 1 aromatic carbocycles. The molecular formula is C14H14BrClN2O. The summed E-state index contributed by atoms with van der Waals surface area (Å²) in [7, 11) is 0. The van der Waals surface area contributed by atoms with E-state index in [1.54, 1.807) is 0 Å². The van der Waals surface area contributed by atoms with Crippen molar-refractivity contribution in [2.75, 3.05) is 0 Å². The molecule has 0 unspecified atom stereocenters. The van der Waals surface area contributed by atoms with Crippen molar-refractivity contribution in [3.63, 3.8) is 0 Å². The van der Waals surface area contributed by atoms with Crippen molar-refractivity contribution in [2.24, 2.45) is 0 Å². The summed E-state index contributed by atoms with van der Waals surface area (Å²) in [5.74, 6) is 0.840. The Morgan fingerprint density at radius 1 is 1.32 bits per heavy atom. The van der Waals surface area contributed by atoms with Crippen LogP contribution in [0, 0.1) is 0 Å². The van der Waals surface area contributed by atoms with Gasteiger partial charge in [0.05, 0.1) is 6.54 Å². The average molecular weight is 342 g/mol. The molecule has 1 heterocycles. The highest BCUT2D eigenvalue weighted by Crippen LogP contribution is 2.41. The van der Waals surface area contributed by atoms with E-state index in [-0.39, 0.29) is 5.54 Å². The van der Waals surface area contributed by atoms with Gasteiger partial charge in [0, 0.05) is 16.6 Å². The fourth-order valence-corrected chi connectivity index (χ4v) is 2.95. The summed E-state index contributed by atoms with van der Waals surface area (Å²) in [5.41, 5.74) is 1.35. The van der Waals surface area contributed by atoms with Gasteiger partial charge < -0.3 is 9.84 Å². The van der Waals surface area contributed by atoms with Crippen LogP contribution in [0.25, 0.3) is 0 Å². The van der Waals surface area contributed by atoms with Crippen LogP contribution in [0.2, 0.25) is 5.02 Å². The van der Waals surface area contributed by atoms with Gasteiger partial charge >= 0.3 is 0 Å². The van der Waals surface area contributed by atoms with E-state index in [9.17, 15) is 0 Å². The maximum absolute atomic E-state index is 5.95. The van der Waals surface area contributed by atoms with Gasteiger partial charge in [-0.1, -0.05) is 28.9 Å². The monoisotopic (exact) mass is 340 g/mol. The molecule has 0 bridgehead atoms. The van der Waals surface area contributed by atoms with Crippen LogP contribution < -0.4 is 5.32 Å². The van der Waals surface area contributed by atoms with Gasteiger partial charge in [-0.05, 0) is 52.9 Å². The van der Waals surface area contributed by atoms with Crippen molar-refractivity contribution >= 4 is 27.5 Å². The molecule has 5 heteroatoms. The molecule has 3 rings (SSSR count). The predicted octanol–water partition coefficient (Wildman–Crippen LogP) is 4.26. The van der Waals surface area contributed by atoms with Crippen LogP contribution in [0.3, 0.4) is 0 Å². The fraction of sp³-hybridized carbons (Fsp3) is 0.357. The largest absolute Gasteiger partial charge is 0.359 e. The van der Waals surface area contributed by atoms with Crippen molar-refractivity contribution < 1.29 is 4.52 Å². The first-order valence-electron chi connectivity index (χ1n) is 6.30. The second kappa shape index (κ2) is 5.27. The summed E-state index contributed by atoms with van der Waals surface area (Å²) in [6, 6.07) is 9.99. The van der Waals surface area contributed by atoms with E-state index in [1.807, 2.05) is 18.2 Å². The molecule has 19 heavy (non-hydrogen) atoms. The Balaban J connectivity index is 1.74. The van der Waals surface area contributed by atoms with Crippen LogP contribution >= 0.6 is 27.5 Å². The minimum atomic E-state index is 0.0594. The third kappa shape index (κ3) is 2.71. The SMILES string of the molecule is Clc1ccc(C2(NCc3cc(Br)no3)CCC2)cc1. The number of hydrogen-bond acceptors (Lipinski definition) is 3. The zero-order chi connectivity index (χ0) is 13.3. The van der Waals surface area contributed by atoms with E-state index < -0.39 is 0 Å². The van der Waals surface area contributed by atoms with Gasteiger partial charge in [-0.15, -0.1) is 0 Å². The van der Waals surface area contributed by atoms with Gasteiger partial charge in [-0.25, -0.2) is 0 Å². The lowest BCUT2D eigenvalue weighted by Gasteiger charge is -2.43. The van der Waals surface area contributed by atoms with Crippen molar-refractivity contribution in [1.29, 1.82) is 0 Å². The lowest BCUT2D eigenvalue weighted by molar-refractivity contribution is 0.176. The molecule has 1 aromatic heterocycles. The van der Waals surface area contributed by atoms with Gasteiger partial charge in [-0.3, -0.25) is 0 Å². The molecular weight excluding hydrogens is 328 g/mol. The van der Waals surface area contributed by atoms with Crippen LogP contribution in [-0.2, 0) is 12.1 Å². The van der Waals surface area contributed by atoms with Gasteiger partial charge in [0.25, 0.3) is 0 Å². The normalized spacial score (nSPS) is 17.2. The summed E-state index contributed by atoms with van der Waals surface area (Å²) >= 11 is 9.24. The molecule has 0 amide bonds. The zero-order valence-electron chi connectivity index (χ0n) is 10.3. The Bertz CT molecular complexity index is 563.